The SMILES string of the molecule is COc1ccc(C(=O)N2CCOCC2)cc1NC(=O)[C@@H]1C[C@H]1C(=O)O. The third-order valence-electron chi connectivity index (χ3n) is 4.45. The lowest BCUT2D eigenvalue weighted by Crippen LogP contribution is -2.40. The number of nitrogens with zero attached hydrogens (tertiary/aromatic N) is 1. The first kappa shape index (κ1) is 17.2. The van der Waals surface area contributed by atoms with Crippen LogP contribution in [0.25, 0.3) is 0 Å². The molecule has 1 aliphatic heterocycles. The maximum Gasteiger partial charge on any atom is 0.307 e. The van der Waals surface area contributed by atoms with Gasteiger partial charge in [0.05, 0.1) is 37.8 Å². The molecule has 0 unspecified atom stereocenters. The second kappa shape index (κ2) is 7.10. The summed E-state index contributed by atoms with van der Waals surface area (Å²) in [6, 6.07) is 4.82. The fraction of sp³-hybridized carbons (Fsp3) is 0.471. The molecule has 1 aliphatic carbocycles. The molecule has 0 aromatic heterocycles. The fourth-order valence-corrected chi connectivity index (χ4v) is 2.87. The minimum atomic E-state index is -0.969. The first-order valence-corrected chi connectivity index (χ1v) is 8.10. The van der Waals surface area contributed by atoms with Crippen molar-refractivity contribution in [3.05, 3.63) is 23.8 Å². The molecule has 1 aromatic rings. The summed E-state index contributed by atoms with van der Waals surface area (Å²) in [6.07, 6.45) is 0.329. The lowest BCUT2D eigenvalue weighted by molar-refractivity contribution is -0.139. The molecule has 1 aromatic carbocycles. The Bertz CT molecular complexity index is 698. The highest BCUT2D eigenvalue weighted by molar-refractivity contribution is 6.01. The Labute approximate surface area is 144 Å². The quantitative estimate of drug-likeness (QED) is 0.816. The zero-order valence-electron chi connectivity index (χ0n) is 13.9. The topological polar surface area (TPSA) is 105 Å². The van der Waals surface area contributed by atoms with Crippen LogP contribution in [-0.4, -0.2) is 61.2 Å². The van der Waals surface area contributed by atoms with E-state index in [4.69, 9.17) is 14.6 Å². The van der Waals surface area contributed by atoms with Gasteiger partial charge in [-0.3, -0.25) is 14.4 Å². The third kappa shape index (κ3) is 3.74. The summed E-state index contributed by atoms with van der Waals surface area (Å²) in [7, 11) is 1.46. The van der Waals surface area contributed by atoms with Gasteiger partial charge in [0.1, 0.15) is 5.75 Å². The van der Waals surface area contributed by atoms with Gasteiger partial charge in [-0.2, -0.15) is 0 Å². The van der Waals surface area contributed by atoms with Crippen molar-refractivity contribution in [3.63, 3.8) is 0 Å². The van der Waals surface area contributed by atoms with Gasteiger partial charge in [-0.15, -0.1) is 0 Å². The van der Waals surface area contributed by atoms with E-state index in [1.54, 1.807) is 23.1 Å². The Morgan fingerprint density at radius 2 is 1.96 bits per heavy atom. The van der Waals surface area contributed by atoms with Gasteiger partial charge in [0.2, 0.25) is 5.91 Å². The first-order valence-electron chi connectivity index (χ1n) is 8.10. The maximum absolute atomic E-state index is 12.6. The minimum absolute atomic E-state index is 0.142. The molecule has 2 atom stereocenters. The van der Waals surface area contributed by atoms with Gasteiger partial charge in [0.25, 0.3) is 5.91 Å². The summed E-state index contributed by atoms with van der Waals surface area (Å²) in [4.78, 5) is 37.4. The number of aliphatic carboxylic acids is 1. The molecule has 2 aliphatic rings. The van der Waals surface area contributed by atoms with Crippen LogP contribution < -0.4 is 10.1 Å². The van der Waals surface area contributed by atoms with Crippen molar-refractivity contribution in [2.75, 3.05) is 38.7 Å². The normalized spacial score (nSPS) is 22.2. The predicted octanol–water partition coefficient (Wildman–Crippen LogP) is 0.827. The summed E-state index contributed by atoms with van der Waals surface area (Å²) >= 11 is 0. The molecule has 0 radical (unpaired) electrons. The number of nitrogens with one attached hydrogen (secondary N) is 1. The van der Waals surface area contributed by atoms with Gasteiger partial charge in [0, 0.05) is 18.7 Å². The molecule has 134 valence electrons. The van der Waals surface area contributed by atoms with E-state index >= 15 is 0 Å². The summed E-state index contributed by atoms with van der Waals surface area (Å²) in [5.74, 6) is -2.24. The van der Waals surface area contributed by atoms with Crippen molar-refractivity contribution >= 4 is 23.5 Å². The Hall–Kier alpha value is -2.61. The number of benzene rings is 1. The van der Waals surface area contributed by atoms with Gasteiger partial charge in [0.15, 0.2) is 0 Å². The highest BCUT2D eigenvalue weighted by atomic mass is 16.5. The molecule has 2 N–H and O–H groups in total. The monoisotopic (exact) mass is 348 g/mol. The molecule has 1 saturated heterocycles. The molecule has 8 nitrogen and oxygen atoms in total. The van der Waals surface area contributed by atoms with E-state index in [-0.39, 0.29) is 11.8 Å². The molecular formula is C17H20N2O6. The molecule has 25 heavy (non-hydrogen) atoms. The van der Waals surface area contributed by atoms with E-state index in [2.05, 4.69) is 5.32 Å². The second-order valence-corrected chi connectivity index (χ2v) is 6.10. The van der Waals surface area contributed by atoms with Crippen LogP contribution in [0.5, 0.6) is 5.75 Å². The van der Waals surface area contributed by atoms with Crippen molar-refractivity contribution in [1.29, 1.82) is 0 Å². The second-order valence-electron chi connectivity index (χ2n) is 6.10. The number of hydrogen-bond acceptors (Lipinski definition) is 5. The Kier molecular flexibility index (Phi) is 4.89. The molecule has 3 rings (SSSR count). The molecule has 8 heteroatoms. The number of amides is 2. The Morgan fingerprint density at radius 1 is 1.24 bits per heavy atom. The molecular weight excluding hydrogens is 328 g/mol. The van der Waals surface area contributed by atoms with E-state index in [0.717, 1.165) is 0 Å². The van der Waals surface area contributed by atoms with Gasteiger partial charge >= 0.3 is 5.97 Å². The predicted molar refractivity (Wildman–Crippen MR) is 87.6 cm³/mol. The molecule has 2 amide bonds. The molecule has 0 bridgehead atoms. The van der Waals surface area contributed by atoms with Crippen LogP contribution in [0.1, 0.15) is 16.8 Å². The van der Waals surface area contributed by atoms with Crippen molar-refractivity contribution in [3.8, 4) is 5.75 Å². The van der Waals surface area contributed by atoms with Crippen LogP contribution in [0.2, 0.25) is 0 Å². The van der Waals surface area contributed by atoms with Crippen molar-refractivity contribution in [2.24, 2.45) is 11.8 Å². The number of anilines is 1. The number of carbonyl (C=O) groups is 3. The summed E-state index contributed by atoms with van der Waals surface area (Å²) < 4.78 is 10.5. The third-order valence-corrected chi connectivity index (χ3v) is 4.45. The zero-order chi connectivity index (χ0) is 18.0. The fourth-order valence-electron chi connectivity index (χ4n) is 2.87. The number of hydrogen-bond donors (Lipinski definition) is 2. The summed E-state index contributed by atoms with van der Waals surface area (Å²) in [5.41, 5.74) is 0.797. The Morgan fingerprint density at radius 3 is 2.56 bits per heavy atom. The van der Waals surface area contributed by atoms with E-state index in [1.165, 1.54) is 7.11 Å². The number of methoxy groups -OCH3 is 1. The van der Waals surface area contributed by atoms with E-state index in [9.17, 15) is 14.4 Å². The van der Waals surface area contributed by atoms with Gasteiger partial charge in [-0.25, -0.2) is 0 Å². The summed E-state index contributed by atoms with van der Waals surface area (Å²) in [6.45, 7) is 2.05. The average Bonchev–Trinajstić information content (AvgIpc) is 3.43. The van der Waals surface area contributed by atoms with E-state index in [0.29, 0.717) is 49.7 Å². The molecule has 2 fully saturated rings. The van der Waals surface area contributed by atoms with Crippen LogP contribution in [0.4, 0.5) is 5.69 Å². The van der Waals surface area contributed by atoms with Gasteiger partial charge < -0.3 is 24.8 Å². The number of ether oxygens (including phenoxy) is 2. The Balaban J connectivity index is 1.75. The van der Waals surface area contributed by atoms with Crippen molar-refractivity contribution < 1.29 is 29.0 Å². The van der Waals surface area contributed by atoms with Crippen LogP contribution in [0.15, 0.2) is 18.2 Å². The highest BCUT2D eigenvalue weighted by Gasteiger charge is 2.48. The molecule has 0 spiro atoms. The van der Waals surface area contributed by atoms with Gasteiger partial charge in [-0.1, -0.05) is 0 Å². The highest BCUT2D eigenvalue weighted by Crippen LogP contribution is 2.40. The van der Waals surface area contributed by atoms with Crippen LogP contribution >= 0.6 is 0 Å². The van der Waals surface area contributed by atoms with Crippen LogP contribution in [0.3, 0.4) is 0 Å². The van der Waals surface area contributed by atoms with E-state index < -0.39 is 17.8 Å². The lowest BCUT2D eigenvalue weighted by atomic mass is 10.1. The zero-order valence-corrected chi connectivity index (χ0v) is 13.9. The van der Waals surface area contributed by atoms with E-state index in [1.807, 2.05) is 0 Å². The average molecular weight is 348 g/mol. The van der Waals surface area contributed by atoms with Crippen molar-refractivity contribution in [2.45, 2.75) is 6.42 Å². The van der Waals surface area contributed by atoms with Crippen molar-refractivity contribution in [1.82, 2.24) is 4.90 Å². The summed E-state index contributed by atoms with van der Waals surface area (Å²) in [5, 5.41) is 11.6. The number of rotatable bonds is 5. The van der Waals surface area contributed by atoms with Crippen LogP contribution in [0, 0.1) is 11.8 Å². The maximum atomic E-state index is 12.6. The van der Waals surface area contributed by atoms with Gasteiger partial charge in [-0.05, 0) is 24.6 Å². The number of carbonyl (C=O) groups excluding carboxylic acids is 2. The lowest BCUT2D eigenvalue weighted by Gasteiger charge is -2.27. The van der Waals surface area contributed by atoms with Crippen LogP contribution in [-0.2, 0) is 14.3 Å². The molecule has 1 saturated carbocycles. The minimum Gasteiger partial charge on any atom is -0.495 e. The number of carboxylic acid groups (broad SMARTS) is 1. The molecule has 1 heterocycles. The largest absolute Gasteiger partial charge is 0.495 e. The number of carboxylic acids is 1. The number of morpholine rings is 1. The smallest absolute Gasteiger partial charge is 0.307 e. The standard InChI is InChI=1S/C17H20N2O6/c1-24-14-3-2-10(16(21)19-4-6-25-7-5-19)8-13(14)18-15(20)11-9-12(11)17(22)23/h2-3,8,11-12H,4-7,9H2,1H3,(H,18,20)(H,22,23)/t11-,12-/m1/s1. The first-order chi connectivity index (χ1) is 12.0.